The molecule has 3 aromatic rings. The number of fused-ring (bicyclic) bond motifs is 2. The predicted molar refractivity (Wildman–Crippen MR) is 101 cm³/mol. The molecule has 0 bridgehead atoms. The minimum Gasteiger partial charge on any atom is -0.379 e. The van der Waals surface area contributed by atoms with Gasteiger partial charge in [-0.25, -0.2) is 9.69 Å². The first-order chi connectivity index (χ1) is 12.7. The van der Waals surface area contributed by atoms with Crippen LogP contribution >= 0.6 is 11.8 Å². The first-order valence-electron chi connectivity index (χ1n) is 7.86. The molecule has 0 atom stereocenters. The van der Waals surface area contributed by atoms with Gasteiger partial charge < -0.3 is 5.73 Å². The van der Waals surface area contributed by atoms with Crippen LogP contribution in [0.15, 0.2) is 87.9 Å². The maximum absolute atomic E-state index is 12.8. The molecule has 0 saturated heterocycles. The molecule has 2 heterocycles. The molecule has 0 fully saturated rings. The average molecular weight is 362 g/mol. The smallest absolute Gasteiger partial charge is 0.379 e. The number of para-hydroxylation sites is 2. The number of hydrogen-bond donors (Lipinski definition) is 1. The molecule has 0 spiro atoms. The number of carbonyl (C=O) groups is 1. The molecule has 4 rings (SSSR count). The van der Waals surface area contributed by atoms with Crippen LogP contribution in [-0.4, -0.2) is 16.9 Å². The number of amides is 1. The molecule has 128 valence electrons. The number of amidine groups is 1. The number of aromatic nitrogens is 1. The Morgan fingerprint density at radius 1 is 0.962 bits per heavy atom. The van der Waals surface area contributed by atoms with E-state index in [1.165, 1.54) is 4.90 Å². The van der Waals surface area contributed by atoms with Gasteiger partial charge in [-0.1, -0.05) is 47.2 Å². The third-order valence-electron chi connectivity index (χ3n) is 3.76. The fourth-order valence-corrected chi connectivity index (χ4v) is 3.65. The van der Waals surface area contributed by atoms with Crippen molar-refractivity contribution in [2.24, 2.45) is 10.9 Å². The highest BCUT2D eigenvalue weighted by Crippen LogP contribution is 2.48. The van der Waals surface area contributed by atoms with Crippen LogP contribution in [0.25, 0.3) is 0 Å². The number of nitrogens with zero attached hydrogens (tertiary/aromatic N) is 3. The van der Waals surface area contributed by atoms with Crippen LogP contribution in [0.5, 0.6) is 0 Å². The second-order valence-corrected chi connectivity index (χ2v) is 6.51. The predicted octanol–water partition coefficient (Wildman–Crippen LogP) is 4.14. The Balaban J connectivity index is 1.66. The summed E-state index contributed by atoms with van der Waals surface area (Å²) in [4.78, 5) is 25.4. The van der Waals surface area contributed by atoms with Gasteiger partial charge in [0.2, 0.25) is 0 Å². The van der Waals surface area contributed by atoms with Crippen LogP contribution in [0.4, 0.5) is 16.2 Å². The van der Waals surface area contributed by atoms with Gasteiger partial charge in [-0.3, -0.25) is 9.82 Å². The third kappa shape index (κ3) is 3.00. The summed E-state index contributed by atoms with van der Waals surface area (Å²) in [6.07, 6.45) is 0.956. The number of benzene rings is 2. The molecule has 1 aromatic heterocycles. The van der Waals surface area contributed by atoms with E-state index >= 15 is 0 Å². The first-order valence-corrected chi connectivity index (χ1v) is 8.67. The normalized spacial score (nSPS) is 12.9. The molecule has 0 saturated carbocycles. The summed E-state index contributed by atoms with van der Waals surface area (Å²) in [5, 5.41) is 3.75. The van der Waals surface area contributed by atoms with E-state index in [2.05, 4.69) is 10.1 Å². The number of hydrogen-bond acceptors (Lipinski definition) is 5. The van der Waals surface area contributed by atoms with Crippen molar-refractivity contribution in [1.29, 1.82) is 0 Å². The molecule has 0 unspecified atom stereocenters. The largest absolute Gasteiger partial charge is 0.445 e. The Morgan fingerprint density at radius 2 is 1.58 bits per heavy atom. The fourth-order valence-electron chi connectivity index (χ4n) is 2.59. The SMILES string of the molecule is NC(=NOC(=O)N1c2ccccc2Sc2ccccc21)c1ccccn1. The highest BCUT2D eigenvalue weighted by molar-refractivity contribution is 7.99. The first kappa shape index (κ1) is 16.2. The van der Waals surface area contributed by atoms with Gasteiger partial charge in [-0.05, 0) is 36.4 Å². The van der Waals surface area contributed by atoms with Gasteiger partial charge in [-0.2, -0.15) is 0 Å². The van der Waals surface area contributed by atoms with Crippen molar-refractivity contribution in [2.75, 3.05) is 4.90 Å². The minimum absolute atomic E-state index is 0.0342. The Bertz CT molecular complexity index is 946. The van der Waals surface area contributed by atoms with Crippen LogP contribution in [0.1, 0.15) is 5.69 Å². The molecule has 26 heavy (non-hydrogen) atoms. The van der Waals surface area contributed by atoms with E-state index in [1.807, 2.05) is 48.5 Å². The maximum atomic E-state index is 12.8. The summed E-state index contributed by atoms with van der Waals surface area (Å²) in [5.41, 5.74) is 7.78. The zero-order valence-electron chi connectivity index (χ0n) is 13.6. The quantitative estimate of drug-likeness (QED) is 0.321. The van der Waals surface area contributed by atoms with Crippen molar-refractivity contribution in [3.63, 3.8) is 0 Å². The Hall–Kier alpha value is -3.32. The lowest BCUT2D eigenvalue weighted by Crippen LogP contribution is -2.29. The number of nitrogens with two attached hydrogens (primary N) is 1. The molecule has 1 aliphatic rings. The van der Waals surface area contributed by atoms with Crippen molar-refractivity contribution < 1.29 is 9.63 Å². The standard InChI is InChI=1S/C19H14N4O2S/c20-18(13-7-5-6-12-21-13)22-25-19(24)23-14-8-1-3-10-16(14)26-17-11-4-2-9-15(17)23/h1-12H,(H2,20,22). The lowest BCUT2D eigenvalue weighted by Gasteiger charge is -2.29. The number of rotatable bonds is 2. The van der Waals surface area contributed by atoms with Crippen molar-refractivity contribution in [3.8, 4) is 0 Å². The Labute approximate surface area is 154 Å². The summed E-state index contributed by atoms with van der Waals surface area (Å²) in [6.45, 7) is 0. The Kier molecular flexibility index (Phi) is 4.28. The molecule has 1 aliphatic heterocycles. The van der Waals surface area contributed by atoms with Crippen LogP contribution in [0.3, 0.4) is 0 Å². The zero-order chi connectivity index (χ0) is 17.9. The van der Waals surface area contributed by atoms with Gasteiger partial charge in [0.1, 0.15) is 5.69 Å². The fraction of sp³-hybridized carbons (Fsp3) is 0. The maximum Gasteiger partial charge on any atom is 0.445 e. The molecular formula is C19H14N4O2S. The van der Waals surface area contributed by atoms with Gasteiger partial charge in [-0.15, -0.1) is 0 Å². The third-order valence-corrected chi connectivity index (χ3v) is 4.89. The van der Waals surface area contributed by atoms with E-state index in [0.29, 0.717) is 5.69 Å². The summed E-state index contributed by atoms with van der Waals surface area (Å²) >= 11 is 1.60. The van der Waals surface area contributed by atoms with Crippen molar-refractivity contribution in [2.45, 2.75) is 9.79 Å². The molecule has 2 aromatic carbocycles. The van der Waals surface area contributed by atoms with Gasteiger partial charge in [0.15, 0.2) is 5.84 Å². The zero-order valence-corrected chi connectivity index (χ0v) is 14.4. The number of carbonyl (C=O) groups excluding carboxylic acids is 1. The summed E-state index contributed by atoms with van der Waals surface area (Å²) in [7, 11) is 0. The lowest BCUT2D eigenvalue weighted by atomic mass is 10.2. The highest BCUT2D eigenvalue weighted by atomic mass is 32.2. The highest BCUT2D eigenvalue weighted by Gasteiger charge is 2.29. The summed E-state index contributed by atoms with van der Waals surface area (Å²) in [5.74, 6) is 0.0342. The van der Waals surface area contributed by atoms with E-state index in [1.54, 1.807) is 36.2 Å². The van der Waals surface area contributed by atoms with Crippen LogP contribution in [0.2, 0.25) is 0 Å². The van der Waals surface area contributed by atoms with Crippen LogP contribution in [-0.2, 0) is 4.84 Å². The molecule has 1 amide bonds. The van der Waals surface area contributed by atoms with Gasteiger partial charge in [0.05, 0.1) is 11.4 Å². The van der Waals surface area contributed by atoms with Gasteiger partial charge in [0.25, 0.3) is 0 Å². The number of oxime groups is 1. The summed E-state index contributed by atoms with van der Waals surface area (Å²) < 4.78 is 0. The molecule has 0 aliphatic carbocycles. The van der Waals surface area contributed by atoms with Crippen molar-refractivity contribution in [1.82, 2.24) is 4.98 Å². The lowest BCUT2D eigenvalue weighted by molar-refractivity contribution is 0.161. The average Bonchev–Trinajstić information content (AvgIpc) is 2.70. The topological polar surface area (TPSA) is 80.8 Å². The van der Waals surface area contributed by atoms with Gasteiger partial charge >= 0.3 is 6.09 Å². The van der Waals surface area contributed by atoms with Crippen molar-refractivity contribution >= 4 is 35.1 Å². The number of pyridine rings is 1. The molecule has 6 nitrogen and oxygen atoms in total. The molecular weight excluding hydrogens is 348 g/mol. The van der Waals surface area contributed by atoms with E-state index < -0.39 is 6.09 Å². The molecule has 2 N–H and O–H groups in total. The van der Waals surface area contributed by atoms with Crippen molar-refractivity contribution in [3.05, 3.63) is 78.6 Å². The van der Waals surface area contributed by atoms with E-state index in [9.17, 15) is 4.79 Å². The second kappa shape index (κ2) is 6.89. The minimum atomic E-state index is -0.635. The van der Waals surface area contributed by atoms with Crippen LogP contribution in [0, 0.1) is 0 Å². The van der Waals surface area contributed by atoms with E-state index in [0.717, 1.165) is 21.2 Å². The number of anilines is 2. The molecule has 0 radical (unpaired) electrons. The summed E-state index contributed by atoms with van der Waals surface area (Å²) in [6, 6.07) is 20.5. The molecule has 7 heteroatoms. The van der Waals surface area contributed by atoms with Crippen LogP contribution < -0.4 is 10.6 Å². The monoisotopic (exact) mass is 362 g/mol. The van der Waals surface area contributed by atoms with E-state index in [-0.39, 0.29) is 5.84 Å². The van der Waals surface area contributed by atoms with E-state index in [4.69, 9.17) is 10.6 Å². The van der Waals surface area contributed by atoms with Gasteiger partial charge in [0, 0.05) is 16.0 Å². The Morgan fingerprint density at radius 3 is 2.19 bits per heavy atom. The second-order valence-electron chi connectivity index (χ2n) is 5.42.